The van der Waals surface area contributed by atoms with E-state index < -0.39 is 10.0 Å². The van der Waals surface area contributed by atoms with Crippen LogP contribution in [0.25, 0.3) is 0 Å². The van der Waals surface area contributed by atoms with Gasteiger partial charge in [-0.25, -0.2) is 8.42 Å². The van der Waals surface area contributed by atoms with Crippen LogP contribution in [-0.4, -0.2) is 41.4 Å². The monoisotopic (exact) mass is 317 g/mol. The zero-order valence-corrected chi connectivity index (χ0v) is 13.9. The third kappa shape index (κ3) is 3.05. The van der Waals surface area contributed by atoms with Crippen molar-refractivity contribution in [3.63, 3.8) is 0 Å². The van der Waals surface area contributed by atoms with Crippen LogP contribution in [0, 0.1) is 0 Å². The van der Waals surface area contributed by atoms with Gasteiger partial charge in [-0.3, -0.25) is 0 Å². The van der Waals surface area contributed by atoms with Gasteiger partial charge in [-0.15, -0.1) is 0 Å². The van der Waals surface area contributed by atoms with Crippen LogP contribution in [-0.2, 0) is 16.6 Å². The van der Waals surface area contributed by atoms with E-state index in [-0.39, 0.29) is 6.04 Å². The Morgan fingerprint density at radius 2 is 2.20 bits per heavy atom. The third-order valence-electron chi connectivity index (χ3n) is 3.51. The second-order valence-electron chi connectivity index (χ2n) is 5.42. The molecule has 7 heteroatoms. The highest BCUT2D eigenvalue weighted by Crippen LogP contribution is 2.26. The van der Waals surface area contributed by atoms with Crippen molar-refractivity contribution >= 4 is 21.8 Å². The predicted molar refractivity (Wildman–Crippen MR) is 83.4 cm³/mol. The van der Waals surface area contributed by atoms with E-state index in [0.717, 1.165) is 11.4 Å². The van der Waals surface area contributed by atoms with Crippen LogP contribution in [0.1, 0.15) is 32.5 Å². The number of nitrogens with zero attached hydrogens (tertiary/aromatic N) is 2. The van der Waals surface area contributed by atoms with Crippen molar-refractivity contribution in [3.8, 4) is 0 Å². The highest BCUT2D eigenvalue weighted by Gasteiger charge is 2.30. The van der Waals surface area contributed by atoms with Crippen LogP contribution in [0.2, 0.25) is 0 Å². The second-order valence-corrected chi connectivity index (χ2v) is 8.90. The van der Waals surface area contributed by atoms with Crippen molar-refractivity contribution in [2.75, 3.05) is 18.8 Å². The van der Waals surface area contributed by atoms with Crippen molar-refractivity contribution < 1.29 is 8.42 Å². The molecule has 20 heavy (non-hydrogen) atoms. The minimum atomic E-state index is -3.40. The summed E-state index contributed by atoms with van der Waals surface area (Å²) in [5.41, 5.74) is 6.57. The van der Waals surface area contributed by atoms with E-state index in [9.17, 15) is 8.42 Å². The molecule has 1 atom stereocenters. The first-order valence-corrected chi connectivity index (χ1v) is 9.37. The standard InChI is InChI=1S/C13H23N3O2S2/c1-10(2)16-9-13(6-12(16)7-14)20(17,18)15-4-5-19-11(3)8-15/h6,9-11H,4-5,7-8,14H2,1-3H3. The van der Waals surface area contributed by atoms with Gasteiger partial charge in [-0.05, 0) is 19.9 Å². The van der Waals surface area contributed by atoms with Crippen LogP contribution in [0.3, 0.4) is 0 Å². The second kappa shape index (κ2) is 6.09. The maximum atomic E-state index is 12.7. The Kier molecular flexibility index (Phi) is 4.84. The Bertz CT molecular complexity index is 566. The van der Waals surface area contributed by atoms with Crippen LogP contribution in [0.5, 0.6) is 0 Å². The molecule has 114 valence electrons. The zero-order valence-electron chi connectivity index (χ0n) is 12.2. The molecule has 0 radical (unpaired) electrons. The molecule has 1 aliphatic rings. The topological polar surface area (TPSA) is 68.3 Å². The third-order valence-corrected chi connectivity index (χ3v) is 6.48. The van der Waals surface area contributed by atoms with E-state index in [1.54, 1.807) is 16.6 Å². The van der Waals surface area contributed by atoms with Gasteiger partial charge in [0.15, 0.2) is 0 Å². The lowest BCUT2D eigenvalue weighted by Gasteiger charge is -2.29. The first-order chi connectivity index (χ1) is 9.36. The lowest BCUT2D eigenvalue weighted by molar-refractivity contribution is 0.424. The van der Waals surface area contributed by atoms with Gasteiger partial charge < -0.3 is 10.3 Å². The molecule has 0 aliphatic carbocycles. The van der Waals surface area contributed by atoms with Crippen molar-refractivity contribution in [2.45, 2.75) is 43.5 Å². The Labute approximate surface area is 125 Å². The summed E-state index contributed by atoms with van der Waals surface area (Å²) in [6.07, 6.45) is 1.72. The SMILES string of the molecule is CC1CN(S(=O)(=O)c2cc(CN)n(C(C)C)c2)CCS1. The van der Waals surface area contributed by atoms with Gasteiger partial charge in [0, 0.05) is 48.6 Å². The summed E-state index contributed by atoms with van der Waals surface area (Å²) in [7, 11) is -3.40. The minimum absolute atomic E-state index is 0.202. The zero-order chi connectivity index (χ0) is 14.9. The number of nitrogens with two attached hydrogens (primary N) is 1. The van der Waals surface area contributed by atoms with Crippen molar-refractivity contribution in [1.29, 1.82) is 0 Å². The van der Waals surface area contributed by atoms with Crippen LogP contribution < -0.4 is 5.73 Å². The average molecular weight is 317 g/mol. The first kappa shape index (κ1) is 15.9. The molecule has 0 aromatic carbocycles. The lowest BCUT2D eigenvalue weighted by Crippen LogP contribution is -2.40. The van der Waals surface area contributed by atoms with Gasteiger partial charge in [0.2, 0.25) is 10.0 Å². The maximum absolute atomic E-state index is 12.7. The molecule has 0 bridgehead atoms. The number of hydrogen-bond acceptors (Lipinski definition) is 4. The molecule has 2 N–H and O–H groups in total. The number of aromatic nitrogens is 1. The molecule has 1 saturated heterocycles. The summed E-state index contributed by atoms with van der Waals surface area (Å²) >= 11 is 1.82. The van der Waals surface area contributed by atoms with Gasteiger partial charge >= 0.3 is 0 Å². The van der Waals surface area contributed by atoms with E-state index in [2.05, 4.69) is 6.92 Å². The highest BCUT2D eigenvalue weighted by atomic mass is 32.2. The van der Waals surface area contributed by atoms with Gasteiger partial charge in [0.1, 0.15) is 4.90 Å². The summed E-state index contributed by atoms with van der Waals surface area (Å²) in [6, 6.07) is 1.91. The van der Waals surface area contributed by atoms with E-state index >= 15 is 0 Å². The molecule has 5 nitrogen and oxygen atoms in total. The van der Waals surface area contributed by atoms with E-state index in [1.165, 1.54) is 0 Å². The summed E-state index contributed by atoms with van der Waals surface area (Å²) in [5, 5.41) is 0.347. The summed E-state index contributed by atoms with van der Waals surface area (Å²) in [5.74, 6) is 0.856. The molecular weight excluding hydrogens is 294 g/mol. The molecule has 1 fully saturated rings. The van der Waals surface area contributed by atoms with Crippen LogP contribution >= 0.6 is 11.8 Å². The fourth-order valence-corrected chi connectivity index (χ4v) is 5.24. The normalized spacial score (nSPS) is 21.6. The summed E-state index contributed by atoms with van der Waals surface area (Å²) in [4.78, 5) is 0.366. The number of thioether (sulfide) groups is 1. The number of hydrogen-bond donors (Lipinski definition) is 1. The highest BCUT2D eigenvalue weighted by molar-refractivity contribution is 8.00. The smallest absolute Gasteiger partial charge is 0.244 e. The number of sulfonamides is 1. The van der Waals surface area contributed by atoms with Gasteiger partial charge in [0.25, 0.3) is 0 Å². The molecule has 0 amide bonds. The fraction of sp³-hybridized carbons (Fsp3) is 0.692. The molecule has 1 unspecified atom stereocenters. The Morgan fingerprint density at radius 1 is 1.50 bits per heavy atom. The van der Waals surface area contributed by atoms with Crippen molar-refractivity contribution in [1.82, 2.24) is 8.87 Å². The minimum Gasteiger partial charge on any atom is -0.346 e. The van der Waals surface area contributed by atoms with E-state index in [4.69, 9.17) is 5.73 Å². The van der Waals surface area contributed by atoms with Crippen molar-refractivity contribution in [2.24, 2.45) is 5.73 Å². The van der Waals surface area contributed by atoms with Gasteiger partial charge in [0.05, 0.1) is 0 Å². The molecular formula is C13H23N3O2S2. The predicted octanol–water partition coefficient (Wildman–Crippen LogP) is 1.65. The summed E-state index contributed by atoms with van der Waals surface area (Å²) < 4.78 is 28.9. The fourth-order valence-electron chi connectivity index (χ4n) is 2.44. The quantitative estimate of drug-likeness (QED) is 0.917. The molecule has 1 aromatic heterocycles. The number of rotatable bonds is 4. The lowest BCUT2D eigenvalue weighted by atomic mass is 10.3. The molecule has 0 saturated carbocycles. The Balaban J connectivity index is 2.34. The van der Waals surface area contributed by atoms with Crippen LogP contribution in [0.4, 0.5) is 0 Å². The van der Waals surface area contributed by atoms with Crippen molar-refractivity contribution in [3.05, 3.63) is 18.0 Å². The van der Waals surface area contributed by atoms with Crippen LogP contribution in [0.15, 0.2) is 17.2 Å². The van der Waals surface area contributed by atoms with Gasteiger partial charge in [-0.1, -0.05) is 6.92 Å². The molecule has 1 aromatic rings. The molecule has 1 aliphatic heterocycles. The molecule has 0 spiro atoms. The summed E-state index contributed by atoms with van der Waals surface area (Å²) in [6.45, 7) is 7.63. The Morgan fingerprint density at radius 3 is 2.70 bits per heavy atom. The maximum Gasteiger partial charge on any atom is 0.244 e. The molecule has 2 rings (SSSR count). The van der Waals surface area contributed by atoms with E-state index in [0.29, 0.717) is 29.8 Å². The largest absolute Gasteiger partial charge is 0.346 e. The Hall–Kier alpha value is -0.500. The molecule has 2 heterocycles. The van der Waals surface area contributed by atoms with E-state index in [1.807, 2.05) is 30.2 Å². The average Bonchev–Trinajstić information content (AvgIpc) is 2.83. The van der Waals surface area contributed by atoms with Gasteiger partial charge in [-0.2, -0.15) is 16.1 Å². The first-order valence-electron chi connectivity index (χ1n) is 6.88.